The second-order valence-corrected chi connectivity index (χ2v) is 2.96. The summed E-state index contributed by atoms with van der Waals surface area (Å²) in [6.45, 7) is 0.409. The molecule has 12 heavy (non-hydrogen) atoms. The van der Waals surface area contributed by atoms with Crippen molar-refractivity contribution in [1.82, 2.24) is 5.32 Å². The summed E-state index contributed by atoms with van der Waals surface area (Å²) in [5.74, 6) is 0.666. The van der Waals surface area contributed by atoms with E-state index in [-0.39, 0.29) is 6.04 Å². The van der Waals surface area contributed by atoms with E-state index < -0.39 is 12.2 Å². The van der Waals surface area contributed by atoms with Crippen LogP contribution in [0.15, 0.2) is 22.8 Å². The van der Waals surface area contributed by atoms with E-state index in [0.717, 1.165) is 0 Å². The van der Waals surface area contributed by atoms with Gasteiger partial charge in [0.25, 0.3) is 0 Å². The molecule has 1 aliphatic rings. The molecular formula is C8H11NO3. The number of aliphatic hydroxyl groups is 2. The maximum absolute atomic E-state index is 9.46. The number of hydrogen-bond donors (Lipinski definition) is 3. The summed E-state index contributed by atoms with van der Waals surface area (Å²) in [4.78, 5) is 0. The molecule has 66 valence electrons. The van der Waals surface area contributed by atoms with Gasteiger partial charge in [0.1, 0.15) is 11.9 Å². The van der Waals surface area contributed by atoms with Crippen molar-refractivity contribution in [3.63, 3.8) is 0 Å². The normalized spacial score (nSPS) is 35.7. The van der Waals surface area contributed by atoms with Crippen molar-refractivity contribution >= 4 is 0 Å². The fourth-order valence-electron chi connectivity index (χ4n) is 1.45. The predicted molar refractivity (Wildman–Crippen MR) is 41.5 cm³/mol. The van der Waals surface area contributed by atoms with Crippen LogP contribution in [0.4, 0.5) is 0 Å². The number of β-amino-alcohol motifs (C(OH)–C–C–N with tert-alkyl or cyclic N) is 1. The van der Waals surface area contributed by atoms with Crippen molar-refractivity contribution in [2.45, 2.75) is 18.2 Å². The molecule has 3 N–H and O–H groups in total. The number of rotatable bonds is 1. The van der Waals surface area contributed by atoms with E-state index in [4.69, 9.17) is 4.42 Å². The summed E-state index contributed by atoms with van der Waals surface area (Å²) >= 11 is 0. The van der Waals surface area contributed by atoms with Crippen molar-refractivity contribution < 1.29 is 14.6 Å². The van der Waals surface area contributed by atoms with Crippen molar-refractivity contribution in [3.05, 3.63) is 24.2 Å². The summed E-state index contributed by atoms with van der Waals surface area (Å²) in [6.07, 6.45) is 0.0882. The fraction of sp³-hybridized carbons (Fsp3) is 0.500. The number of aliphatic hydroxyl groups excluding tert-OH is 2. The van der Waals surface area contributed by atoms with E-state index >= 15 is 0 Å². The Morgan fingerprint density at radius 3 is 2.83 bits per heavy atom. The maximum atomic E-state index is 9.46. The van der Waals surface area contributed by atoms with Crippen LogP contribution in [0.2, 0.25) is 0 Å². The van der Waals surface area contributed by atoms with Crippen LogP contribution in [0.25, 0.3) is 0 Å². The minimum Gasteiger partial charge on any atom is -0.468 e. The third-order valence-corrected chi connectivity index (χ3v) is 2.13. The molecule has 1 aromatic heterocycles. The van der Waals surface area contributed by atoms with Crippen LogP contribution in [0.1, 0.15) is 11.8 Å². The molecule has 3 atom stereocenters. The van der Waals surface area contributed by atoms with Gasteiger partial charge in [-0.1, -0.05) is 0 Å². The molecule has 1 fully saturated rings. The summed E-state index contributed by atoms with van der Waals surface area (Å²) in [7, 11) is 0. The summed E-state index contributed by atoms with van der Waals surface area (Å²) in [5.41, 5.74) is 0. The molecule has 0 saturated carbocycles. The minimum atomic E-state index is -0.767. The van der Waals surface area contributed by atoms with E-state index in [2.05, 4.69) is 5.32 Å². The number of hydrogen-bond acceptors (Lipinski definition) is 4. The lowest BCUT2D eigenvalue weighted by molar-refractivity contribution is 0.0369. The van der Waals surface area contributed by atoms with Gasteiger partial charge < -0.3 is 19.9 Å². The molecule has 4 heteroatoms. The first-order chi connectivity index (χ1) is 5.79. The first kappa shape index (κ1) is 7.79. The highest BCUT2D eigenvalue weighted by atomic mass is 16.3. The molecule has 0 aliphatic carbocycles. The van der Waals surface area contributed by atoms with Gasteiger partial charge in [-0.3, -0.25) is 0 Å². The Bertz CT molecular complexity index is 247. The second-order valence-electron chi connectivity index (χ2n) is 2.96. The van der Waals surface area contributed by atoms with Gasteiger partial charge in [-0.2, -0.15) is 0 Å². The Balaban J connectivity index is 2.16. The van der Waals surface area contributed by atoms with Gasteiger partial charge in [-0.25, -0.2) is 0 Å². The zero-order chi connectivity index (χ0) is 8.55. The molecule has 0 spiro atoms. The topological polar surface area (TPSA) is 65.6 Å². The molecule has 0 unspecified atom stereocenters. The van der Waals surface area contributed by atoms with Gasteiger partial charge in [0.15, 0.2) is 0 Å². The van der Waals surface area contributed by atoms with Gasteiger partial charge in [0.2, 0.25) is 0 Å². The first-order valence-electron chi connectivity index (χ1n) is 3.92. The first-order valence-corrected chi connectivity index (χ1v) is 3.92. The van der Waals surface area contributed by atoms with E-state index in [1.807, 2.05) is 0 Å². The zero-order valence-corrected chi connectivity index (χ0v) is 6.47. The lowest BCUT2D eigenvalue weighted by Gasteiger charge is -2.12. The smallest absolute Gasteiger partial charge is 0.123 e. The average molecular weight is 169 g/mol. The van der Waals surface area contributed by atoms with Gasteiger partial charge in [-0.05, 0) is 12.1 Å². The Hall–Kier alpha value is -0.840. The van der Waals surface area contributed by atoms with Gasteiger partial charge in [-0.15, -0.1) is 0 Å². The zero-order valence-electron chi connectivity index (χ0n) is 6.47. The van der Waals surface area contributed by atoms with Crippen molar-refractivity contribution in [2.24, 2.45) is 0 Å². The Labute approximate surface area is 69.8 Å². The minimum absolute atomic E-state index is 0.269. The Morgan fingerprint density at radius 2 is 2.33 bits per heavy atom. The van der Waals surface area contributed by atoms with Gasteiger partial charge >= 0.3 is 0 Å². The highest BCUT2D eigenvalue weighted by molar-refractivity contribution is 5.10. The maximum Gasteiger partial charge on any atom is 0.123 e. The summed E-state index contributed by atoms with van der Waals surface area (Å²) < 4.78 is 5.10. The SMILES string of the molecule is O[C@H]1[C@H](O)CN[C@@H]1c1ccco1. The van der Waals surface area contributed by atoms with Crippen LogP contribution in [-0.4, -0.2) is 29.0 Å². The largest absolute Gasteiger partial charge is 0.468 e. The van der Waals surface area contributed by atoms with Crippen LogP contribution >= 0.6 is 0 Å². The number of nitrogens with one attached hydrogen (secondary N) is 1. The van der Waals surface area contributed by atoms with Crippen LogP contribution in [-0.2, 0) is 0 Å². The van der Waals surface area contributed by atoms with Crippen LogP contribution in [0.3, 0.4) is 0 Å². The molecule has 0 amide bonds. The molecule has 1 aromatic rings. The molecule has 1 saturated heterocycles. The Kier molecular flexibility index (Phi) is 1.88. The third kappa shape index (κ3) is 1.14. The van der Waals surface area contributed by atoms with Crippen molar-refractivity contribution in [3.8, 4) is 0 Å². The van der Waals surface area contributed by atoms with Crippen LogP contribution in [0, 0.1) is 0 Å². The quantitative estimate of drug-likeness (QED) is 0.537. The summed E-state index contributed by atoms with van der Waals surface area (Å²) in [5, 5.41) is 21.6. The lowest BCUT2D eigenvalue weighted by Crippen LogP contribution is -2.25. The van der Waals surface area contributed by atoms with E-state index in [9.17, 15) is 10.2 Å². The third-order valence-electron chi connectivity index (χ3n) is 2.13. The molecule has 2 rings (SSSR count). The van der Waals surface area contributed by atoms with Gasteiger partial charge in [0, 0.05) is 6.54 Å². The van der Waals surface area contributed by atoms with Crippen molar-refractivity contribution in [1.29, 1.82) is 0 Å². The molecule has 1 aliphatic heterocycles. The van der Waals surface area contributed by atoms with E-state index in [1.54, 1.807) is 18.4 Å². The summed E-state index contributed by atoms with van der Waals surface area (Å²) in [6, 6.07) is 3.27. The lowest BCUT2D eigenvalue weighted by atomic mass is 10.1. The molecule has 0 radical (unpaired) electrons. The van der Waals surface area contributed by atoms with Crippen molar-refractivity contribution in [2.75, 3.05) is 6.54 Å². The van der Waals surface area contributed by atoms with Gasteiger partial charge in [0.05, 0.1) is 18.4 Å². The van der Waals surface area contributed by atoms with Crippen LogP contribution in [0.5, 0.6) is 0 Å². The van der Waals surface area contributed by atoms with Crippen LogP contribution < -0.4 is 5.32 Å². The predicted octanol–water partition coefficient (Wildman–Crippen LogP) is -0.354. The molecule has 2 heterocycles. The number of furan rings is 1. The van der Waals surface area contributed by atoms with E-state index in [1.165, 1.54) is 0 Å². The standard InChI is InChI=1S/C8H11NO3/c10-5-4-9-7(8(5)11)6-2-1-3-12-6/h1-3,5,7-11H,4H2/t5-,7-,8+/m1/s1. The second kappa shape index (κ2) is 2.90. The highest BCUT2D eigenvalue weighted by Crippen LogP contribution is 2.23. The monoisotopic (exact) mass is 169 g/mol. The fourth-order valence-corrected chi connectivity index (χ4v) is 1.45. The highest BCUT2D eigenvalue weighted by Gasteiger charge is 2.35. The molecule has 0 bridgehead atoms. The van der Waals surface area contributed by atoms with E-state index in [0.29, 0.717) is 12.3 Å². The molecular weight excluding hydrogens is 158 g/mol. The molecule has 0 aromatic carbocycles. The Morgan fingerprint density at radius 1 is 1.50 bits per heavy atom. The molecule has 4 nitrogen and oxygen atoms in total. The average Bonchev–Trinajstić information content (AvgIpc) is 2.64.